The highest BCUT2D eigenvalue weighted by molar-refractivity contribution is 5.94. The highest BCUT2D eigenvalue weighted by atomic mass is 16.5. The molecule has 23 heavy (non-hydrogen) atoms. The number of rotatable bonds is 8. The van der Waals surface area contributed by atoms with Crippen molar-refractivity contribution < 1.29 is 14.3 Å². The molecule has 1 rings (SSSR count). The molecule has 0 aliphatic heterocycles. The molecule has 0 unspecified atom stereocenters. The van der Waals surface area contributed by atoms with E-state index in [0.29, 0.717) is 24.5 Å². The first kappa shape index (κ1) is 19.0. The first-order valence-electron chi connectivity index (χ1n) is 7.69. The molecule has 1 N–H and O–H groups in total. The van der Waals surface area contributed by atoms with Crippen molar-refractivity contribution in [2.75, 3.05) is 45.7 Å². The lowest BCUT2D eigenvalue weighted by molar-refractivity contribution is -0.121. The zero-order valence-corrected chi connectivity index (χ0v) is 14.7. The Morgan fingerprint density at radius 1 is 1.22 bits per heavy atom. The maximum absolute atomic E-state index is 12.0. The summed E-state index contributed by atoms with van der Waals surface area (Å²) in [7, 11) is 5.47. The molecule has 0 atom stereocenters. The van der Waals surface area contributed by atoms with Crippen molar-refractivity contribution in [1.29, 1.82) is 0 Å². The van der Waals surface area contributed by atoms with Gasteiger partial charge in [-0.05, 0) is 38.7 Å². The number of nitrogens with zero attached hydrogens (tertiary/aromatic N) is 2. The lowest BCUT2D eigenvalue weighted by atomic mass is 10.1. The lowest BCUT2D eigenvalue weighted by Crippen LogP contribution is -2.36. The standard InChI is InChI=1S/C17H27N3O3/c1-13-6-7-16(23-5)15(12-13)20(14(2)21)10-8-17(22)18-9-11-19(3)4/h6-7,12H,8-11H2,1-5H3,(H,18,22). The monoisotopic (exact) mass is 321 g/mol. The van der Waals surface area contributed by atoms with Gasteiger partial charge in [-0.1, -0.05) is 6.07 Å². The molecule has 0 aliphatic carbocycles. The van der Waals surface area contributed by atoms with Gasteiger partial charge in [-0.2, -0.15) is 0 Å². The third kappa shape index (κ3) is 6.28. The van der Waals surface area contributed by atoms with E-state index in [1.54, 1.807) is 12.0 Å². The molecule has 0 bridgehead atoms. The predicted molar refractivity (Wildman–Crippen MR) is 91.9 cm³/mol. The molecule has 1 aromatic carbocycles. The SMILES string of the molecule is COc1ccc(C)cc1N(CCC(=O)NCCN(C)C)C(C)=O. The Kier molecular flexibility index (Phi) is 7.54. The number of anilines is 1. The fourth-order valence-electron chi connectivity index (χ4n) is 2.18. The predicted octanol–water partition coefficient (Wildman–Crippen LogP) is 1.42. The largest absolute Gasteiger partial charge is 0.495 e. The van der Waals surface area contributed by atoms with Crippen LogP contribution < -0.4 is 15.0 Å². The van der Waals surface area contributed by atoms with Gasteiger partial charge in [-0.15, -0.1) is 0 Å². The molecule has 1 aromatic rings. The van der Waals surface area contributed by atoms with Gasteiger partial charge in [0, 0.05) is 33.0 Å². The second-order valence-electron chi connectivity index (χ2n) is 5.75. The van der Waals surface area contributed by atoms with Gasteiger partial charge in [0.05, 0.1) is 12.8 Å². The van der Waals surface area contributed by atoms with Crippen molar-refractivity contribution in [2.24, 2.45) is 0 Å². The molecule has 0 saturated heterocycles. The second-order valence-corrected chi connectivity index (χ2v) is 5.75. The lowest BCUT2D eigenvalue weighted by Gasteiger charge is -2.23. The molecular formula is C17H27N3O3. The van der Waals surface area contributed by atoms with Crippen LogP contribution in [0.4, 0.5) is 5.69 Å². The van der Waals surface area contributed by atoms with Crippen LogP contribution in [0.1, 0.15) is 18.9 Å². The second kappa shape index (κ2) is 9.15. The van der Waals surface area contributed by atoms with Crippen molar-refractivity contribution in [3.05, 3.63) is 23.8 Å². The number of ether oxygens (including phenoxy) is 1. The van der Waals surface area contributed by atoms with Crippen molar-refractivity contribution >= 4 is 17.5 Å². The van der Waals surface area contributed by atoms with Gasteiger partial charge in [0.1, 0.15) is 5.75 Å². The molecule has 0 heterocycles. The van der Waals surface area contributed by atoms with Crippen molar-refractivity contribution in [1.82, 2.24) is 10.2 Å². The van der Waals surface area contributed by atoms with Gasteiger partial charge in [0.2, 0.25) is 11.8 Å². The maximum atomic E-state index is 12.0. The van der Waals surface area contributed by atoms with Gasteiger partial charge in [-0.3, -0.25) is 9.59 Å². The molecule has 6 heteroatoms. The molecule has 6 nitrogen and oxygen atoms in total. The van der Waals surface area contributed by atoms with Crippen LogP contribution in [0, 0.1) is 6.92 Å². The first-order valence-corrected chi connectivity index (χ1v) is 7.69. The quantitative estimate of drug-likeness (QED) is 0.787. The summed E-state index contributed by atoms with van der Waals surface area (Å²) in [5, 5.41) is 2.85. The van der Waals surface area contributed by atoms with E-state index in [1.165, 1.54) is 6.92 Å². The third-order valence-corrected chi connectivity index (χ3v) is 3.45. The summed E-state index contributed by atoms with van der Waals surface area (Å²) in [6, 6.07) is 5.65. The van der Waals surface area contributed by atoms with Gasteiger partial charge in [0.15, 0.2) is 0 Å². The van der Waals surface area contributed by atoms with E-state index < -0.39 is 0 Å². The average Bonchev–Trinajstić information content (AvgIpc) is 2.47. The smallest absolute Gasteiger partial charge is 0.223 e. The zero-order valence-electron chi connectivity index (χ0n) is 14.7. The Balaban J connectivity index is 2.71. The molecule has 0 aromatic heterocycles. The number of aryl methyl sites for hydroxylation is 1. The first-order chi connectivity index (χ1) is 10.8. The summed E-state index contributed by atoms with van der Waals surface area (Å²) in [6.45, 7) is 5.15. The number of carbonyl (C=O) groups excluding carboxylic acids is 2. The van der Waals surface area contributed by atoms with Gasteiger partial charge >= 0.3 is 0 Å². The number of carbonyl (C=O) groups is 2. The molecule has 0 spiro atoms. The molecule has 0 radical (unpaired) electrons. The van der Waals surface area contributed by atoms with Crippen molar-refractivity contribution in [3.63, 3.8) is 0 Å². The van der Waals surface area contributed by atoms with Gasteiger partial charge < -0.3 is 19.9 Å². The van der Waals surface area contributed by atoms with Crippen LogP contribution in [0.25, 0.3) is 0 Å². The molecule has 0 fully saturated rings. The Labute approximate surface area is 138 Å². The number of likely N-dealkylation sites (N-methyl/N-ethyl adjacent to an activating group) is 1. The number of amides is 2. The minimum Gasteiger partial charge on any atom is -0.495 e. The van der Waals surface area contributed by atoms with Crippen LogP contribution in [-0.4, -0.2) is 57.6 Å². The zero-order chi connectivity index (χ0) is 17.4. The van der Waals surface area contributed by atoms with E-state index in [1.807, 2.05) is 44.1 Å². The Bertz CT molecular complexity index is 544. The third-order valence-electron chi connectivity index (χ3n) is 3.45. The number of benzene rings is 1. The maximum Gasteiger partial charge on any atom is 0.223 e. The Morgan fingerprint density at radius 2 is 1.91 bits per heavy atom. The Hall–Kier alpha value is -2.08. The van der Waals surface area contributed by atoms with Crippen LogP contribution in [0.3, 0.4) is 0 Å². The summed E-state index contributed by atoms with van der Waals surface area (Å²) in [5.74, 6) is 0.443. The van der Waals surface area contributed by atoms with E-state index in [0.717, 1.165) is 12.1 Å². The summed E-state index contributed by atoms with van der Waals surface area (Å²) in [5.41, 5.74) is 1.73. The highest BCUT2D eigenvalue weighted by Gasteiger charge is 2.17. The topological polar surface area (TPSA) is 61.9 Å². The van der Waals surface area contributed by atoms with E-state index in [9.17, 15) is 9.59 Å². The fraction of sp³-hybridized carbons (Fsp3) is 0.529. The number of hydrogen-bond acceptors (Lipinski definition) is 4. The van der Waals surface area contributed by atoms with Gasteiger partial charge in [-0.25, -0.2) is 0 Å². The van der Waals surface area contributed by atoms with E-state index in [2.05, 4.69) is 5.32 Å². The van der Waals surface area contributed by atoms with Crippen LogP contribution in [0.5, 0.6) is 5.75 Å². The summed E-state index contributed by atoms with van der Waals surface area (Å²) in [4.78, 5) is 27.5. The molecule has 0 aliphatic rings. The Morgan fingerprint density at radius 3 is 2.48 bits per heavy atom. The summed E-state index contributed by atoms with van der Waals surface area (Å²) in [6.07, 6.45) is 0.254. The van der Waals surface area contributed by atoms with Crippen molar-refractivity contribution in [2.45, 2.75) is 20.3 Å². The number of methoxy groups -OCH3 is 1. The average molecular weight is 321 g/mol. The number of nitrogens with one attached hydrogen (secondary N) is 1. The van der Waals surface area contributed by atoms with E-state index in [-0.39, 0.29) is 18.2 Å². The normalized spacial score (nSPS) is 10.5. The molecule has 128 valence electrons. The van der Waals surface area contributed by atoms with Crippen LogP contribution in [-0.2, 0) is 9.59 Å². The van der Waals surface area contributed by atoms with Crippen LogP contribution in [0.2, 0.25) is 0 Å². The molecule has 2 amide bonds. The summed E-state index contributed by atoms with van der Waals surface area (Å²) >= 11 is 0. The minimum absolute atomic E-state index is 0.0651. The van der Waals surface area contributed by atoms with Crippen LogP contribution >= 0.6 is 0 Å². The van der Waals surface area contributed by atoms with E-state index >= 15 is 0 Å². The highest BCUT2D eigenvalue weighted by Crippen LogP contribution is 2.29. The van der Waals surface area contributed by atoms with Gasteiger partial charge in [0.25, 0.3) is 0 Å². The van der Waals surface area contributed by atoms with Crippen LogP contribution in [0.15, 0.2) is 18.2 Å². The van der Waals surface area contributed by atoms with Crippen molar-refractivity contribution in [3.8, 4) is 5.75 Å². The number of hydrogen-bond donors (Lipinski definition) is 1. The molecule has 0 saturated carbocycles. The summed E-state index contributed by atoms with van der Waals surface area (Å²) < 4.78 is 5.33. The fourth-order valence-corrected chi connectivity index (χ4v) is 2.18. The van der Waals surface area contributed by atoms with E-state index in [4.69, 9.17) is 4.74 Å². The molecular weight excluding hydrogens is 294 g/mol. The minimum atomic E-state index is -0.116.